The highest BCUT2D eigenvalue weighted by molar-refractivity contribution is 7.10. The highest BCUT2D eigenvalue weighted by Gasteiger charge is 2.19. The van der Waals surface area contributed by atoms with Crippen LogP contribution >= 0.6 is 11.3 Å². The van der Waals surface area contributed by atoms with E-state index in [1.54, 1.807) is 11.4 Å². The zero-order chi connectivity index (χ0) is 12.3. The first-order valence-electron chi connectivity index (χ1n) is 5.33. The number of carbonyl (C=O) groups excluding carboxylic acids is 1. The lowest BCUT2D eigenvalue weighted by Crippen LogP contribution is -2.23. The molecule has 90 valence electrons. The van der Waals surface area contributed by atoms with Gasteiger partial charge in [0.1, 0.15) is 5.60 Å². The van der Waals surface area contributed by atoms with Crippen LogP contribution in [0.1, 0.15) is 55.5 Å². The Morgan fingerprint density at radius 1 is 1.56 bits per heavy atom. The van der Waals surface area contributed by atoms with Crippen molar-refractivity contribution >= 4 is 17.3 Å². The van der Waals surface area contributed by atoms with Gasteiger partial charge in [0.15, 0.2) is 0 Å². The molecule has 0 aliphatic rings. The zero-order valence-electron chi connectivity index (χ0n) is 10.1. The molecular formula is C12H18O3S. The lowest BCUT2D eigenvalue weighted by atomic mass is 10.2. The topological polar surface area (TPSA) is 46.5 Å². The molecule has 1 heterocycles. The van der Waals surface area contributed by atoms with E-state index in [2.05, 4.69) is 0 Å². The molecule has 1 rings (SSSR count). The third-order valence-corrected chi connectivity index (χ3v) is 3.00. The molecule has 1 aromatic heterocycles. The monoisotopic (exact) mass is 242 g/mol. The minimum atomic E-state index is -0.485. The van der Waals surface area contributed by atoms with Crippen LogP contribution in [0.15, 0.2) is 11.4 Å². The fraction of sp³-hybridized carbons (Fsp3) is 0.583. The van der Waals surface area contributed by atoms with Crippen LogP contribution in [0.4, 0.5) is 0 Å². The SMILES string of the molecule is CC[C@H](O)c1cc(C(=O)OC(C)(C)C)cs1. The third-order valence-electron chi connectivity index (χ3n) is 1.97. The van der Waals surface area contributed by atoms with Gasteiger partial charge < -0.3 is 9.84 Å². The van der Waals surface area contributed by atoms with Crippen LogP contribution in [-0.4, -0.2) is 16.7 Å². The predicted molar refractivity (Wildman–Crippen MR) is 64.7 cm³/mol. The number of carbonyl (C=O) groups is 1. The molecule has 0 unspecified atom stereocenters. The van der Waals surface area contributed by atoms with Gasteiger partial charge in [-0.1, -0.05) is 6.92 Å². The largest absolute Gasteiger partial charge is 0.456 e. The first-order valence-corrected chi connectivity index (χ1v) is 6.21. The summed E-state index contributed by atoms with van der Waals surface area (Å²) in [6.07, 6.45) is 0.162. The van der Waals surface area contributed by atoms with Crippen molar-refractivity contribution < 1.29 is 14.6 Å². The molecule has 3 nitrogen and oxygen atoms in total. The highest BCUT2D eigenvalue weighted by atomic mass is 32.1. The zero-order valence-corrected chi connectivity index (χ0v) is 10.9. The second kappa shape index (κ2) is 4.97. The number of ether oxygens (including phenoxy) is 1. The summed E-state index contributed by atoms with van der Waals surface area (Å²) in [5.74, 6) is -0.335. The second-order valence-corrected chi connectivity index (χ2v) is 5.61. The fourth-order valence-corrected chi connectivity index (χ4v) is 2.12. The van der Waals surface area contributed by atoms with E-state index in [1.807, 2.05) is 27.7 Å². The van der Waals surface area contributed by atoms with E-state index < -0.39 is 11.7 Å². The number of hydrogen-bond donors (Lipinski definition) is 1. The molecule has 0 aliphatic heterocycles. The first-order chi connectivity index (χ1) is 7.33. The Labute approximate surface area is 100 Å². The minimum Gasteiger partial charge on any atom is -0.456 e. The maximum absolute atomic E-state index is 11.7. The summed E-state index contributed by atoms with van der Waals surface area (Å²) in [5, 5.41) is 11.3. The predicted octanol–water partition coefficient (Wildman–Crippen LogP) is 3.15. The molecule has 0 radical (unpaired) electrons. The summed E-state index contributed by atoms with van der Waals surface area (Å²) in [7, 11) is 0. The van der Waals surface area contributed by atoms with Crippen LogP contribution in [0.3, 0.4) is 0 Å². The number of aliphatic hydroxyl groups excluding tert-OH is 1. The molecule has 1 N–H and O–H groups in total. The molecule has 1 atom stereocenters. The number of hydrogen-bond acceptors (Lipinski definition) is 4. The molecule has 0 saturated heterocycles. The third kappa shape index (κ3) is 3.61. The van der Waals surface area contributed by atoms with Crippen LogP contribution < -0.4 is 0 Å². The highest BCUT2D eigenvalue weighted by Crippen LogP contribution is 2.25. The summed E-state index contributed by atoms with van der Waals surface area (Å²) in [5.41, 5.74) is 0.0326. The van der Waals surface area contributed by atoms with Crippen molar-refractivity contribution in [1.82, 2.24) is 0 Å². The van der Waals surface area contributed by atoms with Gasteiger partial charge in [-0.2, -0.15) is 0 Å². The first kappa shape index (κ1) is 13.2. The van der Waals surface area contributed by atoms with Gasteiger partial charge in [0.25, 0.3) is 0 Å². The molecule has 0 aromatic carbocycles. The van der Waals surface area contributed by atoms with Gasteiger partial charge in [-0.3, -0.25) is 0 Å². The van der Waals surface area contributed by atoms with Crippen LogP contribution in [0.25, 0.3) is 0 Å². The van der Waals surface area contributed by atoms with E-state index >= 15 is 0 Å². The molecule has 16 heavy (non-hydrogen) atoms. The molecule has 0 bridgehead atoms. The molecule has 1 aromatic rings. The van der Waals surface area contributed by atoms with Gasteiger partial charge >= 0.3 is 5.97 Å². The Morgan fingerprint density at radius 2 is 2.19 bits per heavy atom. The van der Waals surface area contributed by atoms with Crippen LogP contribution in [0, 0.1) is 0 Å². The van der Waals surface area contributed by atoms with E-state index in [1.165, 1.54) is 11.3 Å². The fourth-order valence-electron chi connectivity index (χ4n) is 1.17. The Hall–Kier alpha value is -0.870. The lowest BCUT2D eigenvalue weighted by molar-refractivity contribution is 0.00700. The summed E-state index contributed by atoms with van der Waals surface area (Å²) < 4.78 is 5.24. The van der Waals surface area contributed by atoms with Crippen molar-refractivity contribution in [2.24, 2.45) is 0 Å². The van der Waals surface area contributed by atoms with Gasteiger partial charge in [-0.15, -0.1) is 11.3 Å². The van der Waals surface area contributed by atoms with Crippen LogP contribution in [0.5, 0.6) is 0 Å². The molecule has 0 spiro atoms. The Balaban J connectivity index is 2.75. The molecule has 0 saturated carbocycles. The number of rotatable bonds is 3. The smallest absolute Gasteiger partial charge is 0.339 e. The molecule has 0 fully saturated rings. The number of aliphatic hydroxyl groups is 1. The lowest BCUT2D eigenvalue weighted by Gasteiger charge is -2.18. The van der Waals surface area contributed by atoms with Crippen molar-refractivity contribution in [2.75, 3.05) is 0 Å². The van der Waals surface area contributed by atoms with Crippen molar-refractivity contribution in [3.63, 3.8) is 0 Å². The summed E-state index contributed by atoms with van der Waals surface area (Å²) in [4.78, 5) is 12.5. The minimum absolute atomic E-state index is 0.335. The van der Waals surface area contributed by atoms with Gasteiger partial charge in [0.05, 0.1) is 11.7 Å². The molecule has 4 heteroatoms. The summed E-state index contributed by atoms with van der Waals surface area (Å²) in [6, 6.07) is 1.70. The average Bonchev–Trinajstić information content (AvgIpc) is 2.62. The number of esters is 1. The van der Waals surface area contributed by atoms with E-state index in [-0.39, 0.29) is 5.97 Å². The molecule has 0 amide bonds. The Bertz CT molecular complexity index is 363. The van der Waals surface area contributed by atoms with E-state index in [0.717, 1.165) is 4.88 Å². The van der Waals surface area contributed by atoms with Crippen molar-refractivity contribution in [3.8, 4) is 0 Å². The van der Waals surface area contributed by atoms with Crippen molar-refractivity contribution in [3.05, 3.63) is 21.9 Å². The van der Waals surface area contributed by atoms with Gasteiger partial charge in [-0.05, 0) is 33.3 Å². The second-order valence-electron chi connectivity index (χ2n) is 4.66. The number of thiophene rings is 1. The standard InChI is InChI=1S/C12H18O3S/c1-5-9(13)10-6-8(7-16-10)11(14)15-12(2,3)4/h6-7,9,13H,5H2,1-4H3/t9-/m0/s1. The maximum atomic E-state index is 11.7. The summed E-state index contributed by atoms with van der Waals surface area (Å²) in [6.45, 7) is 7.40. The van der Waals surface area contributed by atoms with E-state index in [9.17, 15) is 9.90 Å². The molecular weight excluding hydrogens is 224 g/mol. The normalized spacial score (nSPS) is 13.6. The quantitative estimate of drug-likeness (QED) is 0.828. The van der Waals surface area contributed by atoms with Crippen molar-refractivity contribution in [1.29, 1.82) is 0 Å². The molecule has 0 aliphatic carbocycles. The Morgan fingerprint density at radius 3 is 2.69 bits per heavy atom. The van der Waals surface area contributed by atoms with Gasteiger partial charge in [0, 0.05) is 10.3 Å². The van der Waals surface area contributed by atoms with E-state index in [0.29, 0.717) is 12.0 Å². The Kier molecular flexibility index (Phi) is 4.10. The van der Waals surface area contributed by atoms with Gasteiger partial charge in [0.2, 0.25) is 0 Å². The van der Waals surface area contributed by atoms with Crippen LogP contribution in [0.2, 0.25) is 0 Å². The maximum Gasteiger partial charge on any atom is 0.339 e. The van der Waals surface area contributed by atoms with Gasteiger partial charge in [-0.25, -0.2) is 4.79 Å². The van der Waals surface area contributed by atoms with Crippen LogP contribution in [-0.2, 0) is 4.74 Å². The van der Waals surface area contributed by atoms with E-state index in [4.69, 9.17) is 4.74 Å². The average molecular weight is 242 g/mol. The summed E-state index contributed by atoms with van der Waals surface area (Å²) >= 11 is 1.39. The van der Waals surface area contributed by atoms with Crippen molar-refractivity contribution in [2.45, 2.75) is 45.8 Å².